The van der Waals surface area contributed by atoms with E-state index in [0.717, 1.165) is 5.56 Å². The van der Waals surface area contributed by atoms with Gasteiger partial charge in [-0.05, 0) is 61.4 Å². The van der Waals surface area contributed by atoms with E-state index in [4.69, 9.17) is 9.47 Å². The van der Waals surface area contributed by atoms with Crippen LogP contribution in [-0.4, -0.2) is 36.9 Å². The number of aliphatic hydroxyl groups is 1. The molecule has 0 saturated carbocycles. The van der Waals surface area contributed by atoms with Gasteiger partial charge in [-0.1, -0.05) is 24.3 Å². The third-order valence-electron chi connectivity index (χ3n) is 6.32. The quantitative estimate of drug-likeness (QED) is 0.283. The number of methoxy groups -OCH3 is 2. The number of nitrogens with one attached hydrogen (secondary N) is 1. The van der Waals surface area contributed by atoms with Crippen LogP contribution in [0.25, 0.3) is 5.76 Å². The lowest BCUT2D eigenvalue weighted by Crippen LogP contribution is -2.29. The summed E-state index contributed by atoms with van der Waals surface area (Å²) in [5, 5.41) is 14.2. The molecule has 37 heavy (non-hydrogen) atoms. The predicted octanol–water partition coefficient (Wildman–Crippen LogP) is 4.91. The molecule has 1 saturated heterocycles. The van der Waals surface area contributed by atoms with Gasteiger partial charge < -0.3 is 19.9 Å². The summed E-state index contributed by atoms with van der Waals surface area (Å²) in [5.74, 6) is -1.10. The Labute approximate surface area is 215 Å². The van der Waals surface area contributed by atoms with Gasteiger partial charge in [-0.3, -0.25) is 19.3 Å². The second-order valence-electron chi connectivity index (χ2n) is 8.78. The largest absolute Gasteiger partial charge is 0.507 e. The van der Waals surface area contributed by atoms with Crippen molar-refractivity contribution in [2.24, 2.45) is 0 Å². The fraction of sp³-hybridized carbons (Fsp3) is 0.207. The van der Waals surface area contributed by atoms with Crippen molar-refractivity contribution in [3.05, 3.63) is 88.5 Å². The fourth-order valence-corrected chi connectivity index (χ4v) is 4.63. The Morgan fingerprint density at radius 2 is 1.62 bits per heavy atom. The Balaban J connectivity index is 1.99. The van der Waals surface area contributed by atoms with Crippen LogP contribution in [0.5, 0.6) is 11.5 Å². The number of hydrogen-bond acceptors (Lipinski definition) is 6. The Hall–Kier alpha value is -4.59. The molecular weight excluding hydrogens is 472 g/mol. The lowest BCUT2D eigenvalue weighted by molar-refractivity contribution is -0.132. The van der Waals surface area contributed by atoms with Crippen LogP contribution in [0.4, 0.5) is 11.4 Å². The van der Waals surface area contributed by atoms with E-state index in [9.17, 15) is 19.5 Å². The molecule has 2 N–H and O–H groups in total. The van der Waals surface area contributed by atoms with Crippen LogP contribution < -0.4 is 19.7 Å². The van der Waals surface area contributed by atoms with Gasteiger partial charge in [0.25, 0.3) is 11.7 Å². The fourth-order valence-electron chi connectivity index (χ4n) is 4.63. The number of nitrogens with zero attached hydrogens (tertiary/aromatic N) is 1. The van der Waals surface area contributed by atoms with Gasteiger partial charge in [-0.2, -0.15) is 0 Å². The van der Waals surface area contributed by atoms with Crippen molar-refractivity contribution in [2.75, 3.05) is 24.4 Å². The average molecular weight is 501 g/mol. The molecule has 190 valence electrons. The second-order valence-corrected chi connectivity index (χ2v) is 8.78. The molecule has 0 aliphatic carbocycles. The normalized spacial score (nSPS) is 16.6. The first-order chi connectivity index (χ1) is 17.7. The highest BCUT2D eigenvalue weighted by Crippen LogP contribution is 2.45. The third kappa shape index (κ3) is 4.65. The number of amides is 2. The molecule has 8 heteroatoms. The first kappa shape index (κ1) is 25.5. The lowest BCUT2D eigenvalue weighted by Gasteiger charge is -2.27. The molecule has 4 rings (SSSR count). The summed E-state index contributed by atoms with van der Waals surface area (Å²) >= 11 is 0. The molecule has 1 heterocycles. The number of aliphatic hydroxyl groups excluding tert-OH is 1. The van der Waals surface area contributed by atoms with Crippen LogP contribution in [0, 0.1) is 13.8 Å². The number of ether oxygens (including phenoxy) is 2. The van der Waals surface area contributed by atoms with Crippen molar-refractivity contribution in [3.63, 3.8) is 0 Å². The topological polar surface area (TPSA) is 105 Å². The number of rotatable bonds is 6. The van der Waals surface area contributed by atoms with Crippen molar-refractivity contribution >= 4 is 34.7 Å². The van der Waals surface area contributed by atoms with Gasteiger partial charge in [-0.15, -0.1) is 0 Å². The zero-order valence-electron chi connectivity index (χ0n) is 21.3. The highest BCUT2D eigenvalue weighted by molar-refractivity contribution is 6.51. The average Bonchev–Trinajstić information content (AvgIpc) is 3.14. The molecule has 1 fully saturated rings. The van der Waals surface area contributed by atoms with Crippen LogP contribution in [0.15, 0.2) is 66.2 Å². The maximum absolute atomic E-state index is 13.5. The minimum Gasteiger partial charge on any atom is -0.507 e. The van der Waals surface area contributed by atoms with E-state index in [1.807, 2.05) is 6.92 Å². The first-order valence-corrected chi connectivity index (χ1v) is 11.6. The SMILES string of the molecule is COc1cc(C)c(/C(O)=C2\C(=O)C(=O)N(c3cccc(NC(C)=O)c3)C2c2ccccc2OC)cc1C. The number of benzene rings is 3. The number of aryl methyl sites for hydroxylation is 2. The zero-order chi connectivity index (χ0) is 26.9. The molecule has 0 bridgehead atoms. The van der Waals surface area contributed by atoms with Gasteiger partial charge in [0.1, 0.15) is 17.3 Å². The Bertz CT molecular complexity index is 1440. The molecule has 8 nitrogen and oxygen atoms in total. The Morgan fingerprint density at radius 3 is 2.30 bits per heavy atom. The van der Waals surface area contributed by atoms with Crippen molar-refractivity contribution in [1.82, 2.24) is 0 Å². The van der Waals surface area contributed by atoms with Crippen LogP contribution in [0.3, 0.4) is 0 Å². The number of carbonyl (C=O) groups excluding carboxylic acids is 3. The number of ketones is 1. The summed E-state index contributed by atoms with van der Waals surface area (Å²) in [6.45, 7) is 5.01. The molecule has 1 aliphatic heterocycles. The molecular formula is C29H28N2O6. The van der Waals surface area contributed by atoms with Gasteiger partial charge in [0, 0.05) is 29.4 Å². The molecule has 1 aliphatic rings. The lowest BCUT2D eigenvalue weighted by atomic mass is 9.92. The predicted molar refractivity (Wildman–Crippen MR) is 141 cm³/mol. The summed E-state index contributed by atoms with van der Waals surface area (Å²) in [5.41, 5.74) is 3.17. The Kier molecular flexibility index (Phi) is 7.02. The van der Waals surface area contributed by atoms with Gasteiger partial charge in [0.15, 0.2) is 0 Å². The van der Waals surface area contributed by atoms with Crippen molar-refractivity contribution < 1.29 is 29.0 Å². The molecule has 0 radical (unpaired) electrons. The van der Waals surface area contributed by atoms with Crippen molar-refractivity contribution in [3.8, 4) is 11.5 Å². The second kappa shape index (κ2) is 10.2. The van der Waals surface area contributed by atoms with E-state index in [1.54, 1.807) is 74.7 Å². The van der Waals surface area contributed by atoms with E-state index >= 15 is 0 Å². The Morgan fingerprint density at radius 1 is 0.919 bits per heavy atom. The zero-order valence-corrected chi connectivity index (χ0v) is 21.3. The van der Waals surface area contributed by atoms with Gasteiger partial charge in [-0.25, -0.2) is 0 Å². The van der Waals surface area contributed by atoms with E-state index in [-0.39, 0.29) is 17.2 Å². The minimum absolute atomic E-state index is 0.0629. The number of hydrogen-bond donors (Lipinski definition) is 2. The maximum atomic E-state index is 13.5. The number of para-hydroxylation sites is 1. The summed E-state index contributed by atoms with van der Waals surface area (Å²) in [7, 11) is 3.06. The molecule has 3 aromatic rings. The maximum Gasteiger partial charge on any atom is 0.300 e. The van der Waals surface area contributed by atoms with Crippen LogP contribution in [0.1, 0.15) is 35.2 Å². The summed E-state index contributed by atoms with van der Waals surface area (Å²) < 4.78 is 11.0. The van der Waals surface area contributed by atoms with E-state index in [1.165, 1.54) is 18.9 Å². The molecule has 3 aromatic carbocycles. The summed E-state index contributed by atoms with van der Waals surface area (Å²) in [4.78, 5) is 40.0. The van der Waals surface area contributed by atoms with Crippen molar-refractivity contribution in [2.45, 2.75) is 26.8 Å². The number of Topliss-reactive ketones (excluding diaryl/α,β-unsaturated/α-hetero) is 1. The molecule has 0 spiro atoms. The molecule has 2 amide bonds. The van der Waals surface area contributed by atoms with E-state index in [0.29, 0.717) is 39.6 Å². The number of carbonyl (C=O) groups is 3. The van der Waals surface area contributed by atoms with Crippen molar-refractivity contribution in [1.29, 1.82) is 0 Å². The van der Waals surface area contributed by atoms with E-state index in [2.05, 4.69) is 5.32 Å². The monoisotopic (exact) mass is 500 g/mol. The number of anilines is 2. The molecule has 1 atom stereocenters. The summed E-state index contributed by atoms with van der Waals surface area (Å²) in [6, 6.07) is 16.2. The minimum atomic E-state index is -0.981. The van der Waals surface area contributed by atoms with Gasteiger partial charge >= 0.3 is 0 Å². The molecule has 0 aromatic heterocycles. The first-order valence-electron chi connectivity index (χ1n) is 11.6. The smallest absolute Gasteiger partial charge is 0.300 e. The van der Waals surface area contributed by atoms with Gasteiger partial charge in [0.2, 0.25) is 5.91 Å². The summed E-state index contributed by atoms with van der Waals surface area (Å²) in [6.07, 6.45) is 0. The van der Waals surface area contributed by atoms with Crippen LogP contribution in [0.2, 0.25) is 0 Å². The van der Waals surface area contributed by atoms with E-state index < -0.39 is 17.7 Å². The van der Waals surface area contributed by atoms with Gasteiger partial charge in [0.05, 0.1) is 25.8 Å². The van der Waals surface area contributed by atoms with Crippen LogP contribution in [-0.2, 0) is 14.4 Å². The standard InChI is InChI=1S/C29H28N2O6/c1-16-14-24(37-5)17(2)13-22(16)27(33)25-26(21-11-6-7-12-23(21)36-4)31(29(35)28(25)34)20-10-8-9-19(15-20)30-18(3)32/h6-15,26,33H,1-5H3,(H,30,32)/b27-25+. The molecule has 1 unspecified atom stereocenters. The highest BCUT2D eigenvalue weighted by Gasteiger charge is 2.48. The van der Waals surface area contributed by atoms with Crippen LogP contribution >= 0.6 is 0 Å². The third-order valence-corrected chi connectivity index (χ3v) is 6.32. The highest BCUT2D eigenvalue weighted by atomic mass is 16.5.